The maximum atomic E-state index is 7.73. The first-order valence-electron chi connectivity index (χ1n) is 12.0. The van der Waals surface area contributed by atoms with Crippen LogP contribution in [0.15, 0.2) is 53.1 Å². The average Bonchev–Trinajstić information content (AvgIpc) is 3.17. The SMILES string of the molecule is [2H]C([2H])([2H])c1cc2cc(C)cc(-c3nccc4cc(C5CCC(C)(C)CC5)ccc34)c2o1. The second-order valence-corrected chi connectivity index (χ2v) is 9.42. The highest BCUT2D eigenvalue weighted by molar-refractivity contribution is 6.02. The number of fused-ring (bicyclic) bond motifs is 2. The van der Waals surface area contributed by atoms with Crippen molar-refractivity contribution in [1.82, 2.24) is 4.98 Å². The Bertz CT molecular complexity index is 1310. The number of aryl methyl sites for hydroxylation is 2. The summed E-state index contributed by atoms with van der Waals surface area (Å²) < 4.78 is 29.1. The minimum atomic E-state index is -2.28. The highest BCUT2D eigenvalue weighted by atomic mass is 16.3. The van der Waals surface area contributed by atoms with Crippen LogP contribution in [0.25, 0.3) is 33.0 Å². The van der Waals surface area contributed by atoms with Crippen molar-refractivity contribution >= 4 is 21.7 Å². The molecule has 0 amide bonds. The number of furan rings is 1. The van der Waals surface area contributed by atoms with Gasteiger partial charge < -0.3 is 4.42 Å². The molecule has 2 aromatic heterocycles. The van der Waals surface area contributed by atoms with Gasteiger partial charge in [0.05, 0.1) is 5.69 Å². The zero-order valence-corrected chi connectivity index (χ0v) is 17.4. The monoisotopic (exact) mass is 386 g/mol. The molecule has 1 aliphatic carbocycles. The molecule has 1 fully saturated rings. The molecule has 0 unspecified atom stereocenters. The van der Waals surface area contributed by atoms with Crippen LogP contribution in [0.5, 0.6) is 0 Å². The number of hydrogen-bond donors (Lipinski definition) is 0. The normalized spacial score (nSPS) is 19.2. The molecule has 0 bridgehead atoms. The summed E-state index contributed by atoms with van der Waals surface area (Å²) in [5, 5.41) is 3.02. The minimum Gasteiger partial charge on any atom is -0.461 e. The third-order valence-corrected chi connectivity index (χ3v) is 6.61. The van der Waals surface area contributed by atoms with Gasteiger partial charge in [-0.3, -0.25) is 4.98 Å². The number of hydrogen-bond acceptors (Lipinski definition) is 2. The fourth-order valence-corrected chi connectivity index (χ4v) is 4.88. The first-order chi connectivity index (χ1) is 15.1. The van der Waals surface area contributed by atoms with Gasteiger partial charge in [0, 0.05) is 26.6 Å². The molecule has 0 aliphatic heterocycles. The van der Waals surface area contributed by atoms with E-state index >= 15 is 0 Å². The molecule has 2 heterocycles. The van der Waals surface area contributed by atoms with Gasteiger partial charge in [-0.25, -0.2) is 0 Å². The van der Waals surface area contributed by atoms with Gasteiger partial charge >= 0.3 is 0 Å². The van der Waals surface area contributed by atoms with E-state index in [9.17, 15) is 0 Å². The standard InChI is InChI=1S/C27H29NO/c1-17-13-22-15-18(2)29-26(22)24(14-17)25-23-6-5-20(16-21(23)9-12-28-25)19-7-10-27(3,4)11-8-19/h5-6,9,12-16,19H,7-8,10-11H2,1-4H3/i2D3. The minimum absolute atomic E-state index is 0.0158. The Kier molecular flexibility index (Phi) is 3.54. The fourth-order valence-electron chi connectivity index (χ4n) is 4.88. The number of rotatable bonds is 2. The molecule has 5 rings (SSSR count). The molecule has 148 valence electrons. The molecule has 29 heavy (non-hydrogen) atoms. The van der Waals surface area contributed by atoms with Gasteiger partial charge in [0.1, 0.15) is 11.3 Å². The van der Waals surface area contributed by atoms with E-state index in [1.54, 1.807) is 6.07 Å². The molecule has 1 saturated carbocycles. The molecule has 2 nitrogen and oxygen atoms in total. The third-order valence-electron chi connectivity index (χ3n) is 6.61. The van der Waals surface area contributed by atoms with Gasteiger partial charge in [0.15, 0.2) is 0 Å². The Morgan fingerprint density at radius 1 is 1.03 bits per heavy atom. The second-order valence-electron chi connectivity index (χ2n) is 9.42. The van der Waals surface area contributed by atoms with Crippen LogP contribution in [0.4, 0.5) is 0 Å². The maximum Gasteiger partial charge on any atom is 0.143 e. The molecule has 0 radical (unpaired) electrons. The van der Waals surface area contributed by atoms with Crippen LogP contribution in [-0.4, -0.2) is 4.98 Å². The summed E-state index contributed by atoms with van der Waals surface area (Å²) in [6.45, 7) is 4.48. The summed E-state index contributed by atoms with van der Waals surface area (Å²) in [5.74, 6) is 0.628. The van der Waals surface area contributed by atoms with Crippen molar-refractivity contribution in [2.75, 3.05) is 0 Å². The molecule has 2 heteroatoms. The first kappa shape index (κ1) is 15.3. The molecule has 0 N–H and O–H groups in total. The van der Waals surface area contributed by atoms with Gasteiger partial charge in [0.25, 0.3) is 0 Å². The lowest BCUT2D eigenvalue weighted by atomic mass is 9.71. The van der Waals surface area contributed by atoms with E-state index < -0.39 is 6.85 Å². The van der Waals surface area contributed by atoms with Crippen LogP contribution in [-0.2, 0) is 0 Å². The largest absolute Gasteiger partial charge is 0.461 e. The highest BCUT2D eigenvalue weighted by Gasteiger charge is 2.27. The lowest BCUT2D eigenvalue weighted by Crippen LogP contribution is -2.20. The topological polar surface area (TPSA) is 26.0 Å². The molecule has 0 spiro atoms. The van der Waals surface area contributed by atoms with Gasteiger partial charge in [-0.1, -0.05) is 32.0 Å². The van der Waals surface area contributed by atoms with Gasteiger partial charge in [-0.15, -0.1) is 0 Å². The maximum absolute atomic E-state index is 7.73. The van der Waals surface area contributed by atoms with E-state index in [1.807, 2.05) is 25.3 Å². The quantitative estimate of drug-likeness (QED) is 0.349. The predicted octanol–water partition coefficient (Wildman–Crippen LogP) is 7.95. The van der Waals surface area contributed by atoms with Crippen molar-refractivity contribution in [3.05, 3.63) is 65.5 Å². The van der Waals surface area contributed by atoms with Gasteiger partial charge in [-0.2, -0.15) is 0 Å². The number of aromatic nitrogens is 1. The van der Waals surface area contributed by atoms with E-state index in [-0.39, 0.29) is 5.76 Å². The molecule has 0 saturated heterocycles. The lowest BCUT2D eigenvalue weighted by Gasteiger charge is -2.34. The number of benzene rings is 2. The Balaban J connectivity index is 1.61. The van der Waals surface area contributed by atoms with Crippen LogP contribution >= 0.6 is 0 Å². The van der Waals surface area contributed by atoms with Crippen LogP contribution in [0.3, 0.4) is 0 Å². The lowest BCUT2D eigenvalue weighted by molar-refractivity contribution is 0.224. The molecular formula is C27H29NO. The average molecular weight is 387 g/mol. The van der Waals surface area contributed by atoms with Crippen LogP contribution in [0.1, 0.15) is 66.4 Å². The van der Waals surface area contributed by atoms with Crippen molar-refractivity contribution < 1.29 is 8.53 Å². The Hall–Kier alpha value is -2.61. The smallest absolute Gasteiger partial charge is 0.143 e. The Morgan fingerprint density at radius 2 is 1.86 bits per heavy atom. The Labute approximate surface area is 177 Å². The molecule has 0 atom stereocenters. The van der Waals surface area contributed by atoms with E-state index in [0.29, 0.717) is 16.9 Å². The van der Waals surface area contributed by atoms with Crippen molar-refractivity contribution in [2.24, 2.45) is 5.41 Å². The molecular weight excluding hydrogens is 354 g/mol. The summed E-state index contributed by atoms with van der Waals surface area (Å²) in [5.41, 5.74) is 5.16. The molecule has 2 aromatic carbocycles. The fraction of sp³-hybridized carbons (Fsp3) is 0.370. The first-order valence-corrected chi connectivity index (χ1v) is 10.5. The Morgan fingerprint density at radius 3 is 2.66 bits per heavy atom. The van der Waals surface area contributed by atoms with Crippen LogP contribution in [0, 0.1) is 19.2 Å². The van der Waals surface area contributed by atoms with E-state index in [1.165, 1.54) is 31.2 Å². The van der Waals surface area contributed by atoms with Crippen molar-refractivity contribution in [2.45, 2.75) is 59.2 Å². The zero-order valence-electron chi connectivity index (χ0n) is 20.4. The molecule has 4 aromatic rings. The van der Waals surface area contributed by atoms with Gasteiger partial charge in [-0.05, 0) is 91.6 Å². The second kappa shape index (κ2) is 6.73. The summed E-state index contributed by atoms with van der Waals surface area (Å²) >= 11 is 0. The third kappa shape index (κ3) is 3.35. The summed E-state index contributed by atoms with van der Waals surface area (Å²) in [6, 6.07) is 14.4. The number of pyridine rings is 1. The van der Waals surface area contributed by atoms with Crippen LogP contribution in [0.2, 0.25) is 0 Å². The van der Waals surface area contributed by atoms with Crippen LogP contribution < -0.4 is 0 Å². The number of nitrogens with zero attached hydrogens (tertiary/aromatic N) is 1. The van der Waals surface area contributed by atoms with Crippen molar-refractivity contribution in [1.29, 1.82) is 0 Å². The van der Waals surface area contributed by atoms with Gasteiger partial charge in [0.2, 0.25) is 0 Å². The summed E-state index contributed by atoms with van der Waals surface area (Å²) in [7, 11) is 0. The van der Waals surface area contributed by atoms with E-state index in [0.717, 1.165) is 33.0 Å². The van der Waals surface area contributed by atoms with Crippen molar-refractivity contribution in [3.8, 4) is 11.3 Å². The summed E-state index contributed by atoms with van der Waals surface area (Å²) in [6.07, 6.45) is 6.84. The molecule has 1 aliphatic rings. The summed E-state index contributed by atoms with van der Waals surface area (Å²) in [4.78, 5) is 4.70. The van der Waals surface area contributed by atoms with E-state index in [4.69, 9.17) is 13.5 Å². The van der Waals surface area contributed by atoms with Crippen molar-refractivity contribution in [3.63, 3.8) is 0 Å². The zero-order chi connectivity index (χ0) is 22.7. The van der Waals surface area contributed by atoms with E-state index in [2.05, 4.69) is 38.1 Å². The highest BCUT2D eigenvalue weighted by Crippen LogP contribution is 2.43. The predicted molar refractivity (Wildman–Crippen MR) is 121 cm³/mol.